The highest BCUT2D eigenvalue weighted by atomic mass is 16.5. The van der Waals surface area contributed by atoms with Gasteiger partial charge in [0.1, 0.15) is 23.7 Å². The zero-order valence-corrected chi connectivity index (χ0v) is 30.0. The lowest BCUT2D eigenvalue weighted by Gasteiger charge is -2.42. The van der Waals surface area contributed by atoms with E-state index in [9.17, 15) is 9.59 Å². The molecule has 2 amide bonds. The Bertz CT molecular complexity index is 1290. The van der Waals surface area contributed by atoms with E-state index in [0.29, 0.717) is 76.9 Å². The number of nitrogens with zero attached hydrogens (tertiary/aromatic N) is 4. The van der Waals surface area contributed by atoms with Gasteiger partial charge in [-0.3, -0.25) is 19.4 Å². The fourth-order valence-electron chi connectivity index (χ4n) is 8.44. The minimum absolute atomic E-state index is 0.0848. The summed E-state index contributed by atoms with van der Waals surface area (Å²) in [6.07, 6.45) is 10.5. The summed E-state index contributed by atoms with van der Waals surface area (Å²) in [6, 6.07) is 18.1. The van der Waals surface area contributed by atoms with E-state index in [1.807, 2.05) is 58.3 Å². The molecule has 4 heterocycles. The van der Waals surface area contributed by atoms with E-state index < -0.39 is 0 Å². The summed E-state index contributed by atoms with van der Waals surface area (Å²) in [5, 5.41) is 0. The van der Waals surface area contributed by atoms with E-state index in [4.69, 9.17) is 18.9 Å². The number of morpholine rings is 2. The third-order valence-corrected chi connectivity index (χ3v) is 11.7. The van der Waals surface area contributed by atoms with Gasteiger partial charge < -0.3 is 28.7 Å². The van der Waals surface area contributed by atoms with Gasteiger partial charge in [-0.1, -0.05) is 0 Å². The monoisotopic (exact) mass is 688 g/mol. The third-order valence-electron chi connectivity index (χ3n) is 11.7. The molecule has 2 aromatic rings. The van der Waals surface area contributed by atoms with Crippen molar-refractivity contribution in [3.05, 3.63) is 59.7 Å². The zero-order chi connectivity index (χ0) is 34.5. The number of hydrogen-bond acceptors (Lipinski definition) is 8. The first kappa shape index (κ1) is 35.2. The predicted molar refractivity (Wildman–Crippen MR) is 192 cm³/mol. The van der Waals surface area contributed by atoms with Crippen molar-refractivity contribution in [3.63, 3.8) is 0 Å². The molecule has 0 radical (unpaired) electrons. The molecule has 2 aromatic carbocycles. The highest BCUT2D eigenvalue weighted by Crippen LogP contribution is 2.35. The van der Waals surface area contributed by atoms with Crippen molar-refractivity contribution < 1.29 is 28.5 Å². The molecular formula is C40H56N4O6. The maximum atomic E-state index is 12.4. The Morgan fingerprint density at radius 2 is 0.920 bits per heavy atom. The van der Waals surface area contributed by atoms with Crippen LogP contribution in [0.25, 0.3) is 0 Å². The zero-order valence-electron chi connectivity index (χ0n) is 30.0. The van der Waals surface area contributed by atoms with Crippen molar-refractivity contribution in [2.24, 2.45) is 0 Å². The Balaban J connectivity index is 0.000000157. The summed E-state index contributed by atoms with van der Waals surface area (Å²) in [5.41, 5.74) is 1.46. The van der Waals surface area contributed by atoms with Gasteiger partial charge >= 0.3 is 0 Å². The minimum Gasteiger partial charge on any atom is -0.490 e. The number of ether oxygens (including phenoxy) is 4. The van der Waals surface area contributed by atoms with Crippen molar-refractivity contribution in [2.45, 2.75) is 102 Å². The molecule has 6 aliphatic rings. The van der Waals surface area contributed by atoms with E-state index in [1.165, 1.54) is 38.8 Å². The molecule has 8 rings (SSSR count). The predicted octanol–water partition coefficient (Wildman–Crippen LogP) is 5.11. The van der Waals surface area contributed by atoms with Crippen LogP contribution in [0.15, 0.2) is 48.5 Å². The first-order chi connectivity index (χ1) is 24.4. The maximum Gasteiger partial charge on any atom is 0.254 e. The Kier molecular flexibility index (Phi) is 11.6. The molecule has 4 aliphatic heterocycles. The molecule has 4 saturated heterocycles. The molecule has 0 spiro atoms. The van der Waals surface area contributed by atoms with Gasteiger partial charge in [0.05, 0.1) is 26.4 Å². The van der Waals surface area contributed by atoms with Crippen LogP contribution in [-0.4, -0.2) is 133 Å². The van der Waals surface area contributed by atoms with E-state index in [2.05, 4.69) is 23.6 Å². The lowest BCUT2D eigenvalue weighted by Crippen LogP contribution is -2.50. The van der Waals surface area contributed by atoms with Crippen molar-refractivity contribution in [1.82, 2.24) is 19.6 Å². The molecule has 10 nitrogen and oxygen atoms in total. The van der Waals surface area contributed by atoms with Crippen LogP contribution < -0.4 is 9.47 Å². The summed E-state index contributed by atoms with van der Waals surface area (Å²) in [6.45, 7) is 12.4. The molecule has 6 fully saturated rings. The third kappa shape index (κ3) is 8.47. The van der Waals surface area contributed by atoms with Crippen LogP contribution in [-0.2, 0) is 9.47 Å². The van der Waals surface area contributed by atoms with Crippen molar-refractivity contribution >= 4 is 11.8 Å². The molecule has 10 heteroatoms. The highest BCUT2D eigenvalue weighted by Gasteiger charge is 2.39. The van der Waals surface area contributed by atoms with Gasteiger partial charge in [-0.05, 0) is 101 Å². The number of likely N-dealkylation sites (tertiary alicyclic amines) is 2. The van der Waals surface area contributed by atoms with Crippen LogP contribution >= 0.6 is 0 Å². The van der Waals surface area contributed by atoms with Gasteiger partial charge in [0.25, 0.3) is 11.8 Å². The fraction of sp³-hybridized carbons (Fsp3) is 0.650. The normalized spacial score (nSPS) is 30.1. The van der Waals surface area contributed by atoms with E-state index in [0.717, 1.165) is 60.4 Å². The first-order valence-electron chi connectivity index (χ1n) is 19.2. The average molecular weight is 689 g/mol. The van der Waals surface area contributed by atoms with Crippen LogP contribution in [0.5, 0.6) is 11.5 Å². The van der Waals surface area contributed by atoms with Crippen molar-refractivity contribution in [1.29, 1.82) is 0 Å². The smallest absolute Gasteiger partial charge is 0.254 e. The molecule has 2 atom stereocenters. The lowest BCUT2D eigenvalue weighted by molar-refractivity contribution is 0.0139. The minimum atomic E-state index is 0.0848. The van der Waals surface area contributed by atoms with Gasteiger partial charge in [-0.15, -0.1) is 0 Å². The number of rotatable bonds is 8. The molecule has 50 heavy (non-hydrogen) atoms. The largest absolute Gasteiger partial charge is 0.490 e. The molecule has 2 aliphatic carbocycles. The van der Waals surface area contributed by atoms with Gasteiger partial charge in [-0.25, -0.2) is 0 Å². The standard InChI is InChI=1S/2C20H28N2O3/c2*1-15-3-2-8-22(15)17-13-19(14-17)25-18-6-4-16(5-7-18)20(23)21-9-11-24-12-10-21/h2*4-7,15,17,19H,2-3,8-14H2,1H3/t2*15-,17?,19?/m10/s1. The number of carbonyl (C=O) groups is 2. The Hall–Kier alpha value is -3.18. The molecule has 0 bridgehead atoms. The summed E-state index contributed by atoms with van der Waals surface area (Å²) in [4.78, 5) is 33.9. The van der Waals surface area contributed by atoms with E-state index in [1.54, 1.807) is 0 Å². The summed E-state index contributed by atoms with van der Waals surface area (Å²) >= 11 is 0. The molecule has 272 valence electrons. The van der Waals surface area contributed by atoms with Crippen molar-refractivity contribution in [2.75, 3.05) is 65.7 Å². The molecular weight excluding hydrogens is 632 g/mol. The number of carbonyl (C=O) groups excluding carboxylic acids is 2. The number of benzene rings is 2. The fourth-order valence-corrected chi connectivity index (χ4v) is 8.44. The number of amides is 2. The van der Waals surface area contributed by atoms with Crippen LogP contribution in [0.1, 0.15) is 85.9 Å². The van der Waals surface area contributed by atoms with Gasteiger partial charge in [0.15, 0.2) is 0 Å². The molecule has 0 unspecified atom stereocenters. The quantitative estimate of drug-likeness (QED) is 0.379. The van der Waals surface area contributed by atoms with Crippen molar-refractivity contribution in [3.8, 4) is 11.5 Å². The SMILES string of the molecule is C[C@@H]1CCCN1C1CC(Oc2ccc(C(=O)N3CCOCC3)cc2)C1.C[C@H]1CCCN1C1CC(Oc2ccc(C(=O)N3CCOCC3)cc2)C1. The molecule has 2 saturated carbocycles. The Morgan fingerprint density at radius 1 is 0.560 bits per heavy atom. The Labute approximate surface area is 297 Å². The first-order valence-corrected chi connectivity index (χ1v) is 19.2. The Morgan fingerprint density at radius 3 is 1.24 bits per heavy atom. The van der Waals surface area contributed by atoms with Gasteiger partial charge in [-0.2, -0.15) is 0 Å². The summed E-state index contributed by atoms with van der Waals surface area (Å²) < 4.78 is 22.8. The second kappa shape index (κ2) is 16.4. The maximum absolute atomic E-state index is 12.4. The molecule has 0 aromatic heterocycles. The van der Waals surface area contributed by atoms with Gasteiger partial charge in [0.2, 0.25) is 0 Å². The van der Waals surface area contributed by atoms with E-state index in [-0.39, 0.29) is 11.8 Å². The lowest BCUT2D eigenvalue weighted by atomic mass is 9.87. The number of hydrogen-bond donors (Lipinski definition) is 0. The highest BCUT2D eigenvalue weighted by molar-refractivity contribution is 5.95. The average Bonchev–Trinajstić information content (AvgIpc) is 3.75. The van der Waals surface area contributed by atoms with E-state index >= 15 is 0 Å². The topological polar surface area (TPSA) is 84.0 Å². The van der Waals surface area contributed by atoms with Crippen LogP contribution in [0, 0.1) is 0 Å². The summed E-state index contributed by atoms with van der Waals surface area (Å²) in [7, 11) is 0. The van der Waals surface area contributed by atoms with Crippen LogP contribution in [0.4, 0.5) is 0 Å². The van der Waals surface area contributed by atoms with Crippen LogP contribution in [0.2, 0.25) is 0 Å². The van der Waals surface area contributed by atoms with Crippen LogP contribution in [0.3, 0.4) is 0 Å². The summed E-state index contributed by atoms with van der Waals surface area (Å²) in [5.74, 6) is 1.91. The second-order valence-electron chi connectivity index (χ2n) is 15.0. The second-order valence-corrected chi connectivity index (χ2v) is 15.0. The molecule has 0 N–H and O–H groups in total. The van der Waals surface area contributed by atoms with Gasteiger partial charge in [0, 0.05) is 87.2 Å².